The minimum Gasteiger partial charge on any atom is -0.454 e. The Morgan fingerprint density at radius 1 is 1.19 bits per heavy atom. The lowest BCUT2D eigenvalue weighted by Crippen LogP contribution is -2.50. The zero-order valence-electron chi connectivity index (χ0n) is 17.9. The highest BCUT2D eigenvalue weighted by Crippen LogP contribution is 2.33. The molecular weight excluding hydrogens is 418 g/mol. The largest absolute Gasteiger partial charge is 0.454 e. The molecule has 2 heterocycles. The third-order valence-electron chi connectivity index (χ3n) is 4.89. The molecule has 2 aliphatic heterocycles. The molecule has 2 aromatic carbocycles. The molecule has 0 radical (unpaired) electrons. The molecule has 0 unspecified atom stereocenters. The highest BCUT2D eigenvalue weighted by Gasteiger charge is 2.29. The van der Waals surface area contributed by atoms with Crippen LogP contribution in [0.5, 0.6) is 11.5 Å². The Morgan fingerprint density at radius 2 is 2.00 bits per heavy atom. The molecule has 2 aromatic rings. The number of fused-ring (bicyclic) bond motifs is 1. The van der Waals surface area contributed by atoms with E-state index in [4.69, 9.17) is 25.9 Å². The first-order valence-electron chi connectivity index (χ1n) is 10.2. The highest BCUT2D eigenvalue weighted by atomic mass is 35.5. The number of carbonyl (C=O) groups excluding carboxylic acids is 1. The topological polar surface area (TPSA) is 72.4 Å². The van der Waals surface area contributed by atoms with Gasteiger partial charge in [-0.2, -0.15) is 0 Å². The van der Waals surface area contributed by atoms with Gasteiger partial charge in [0.2, 0.25) is 6.79 Å². The van der Waals surface area contributed by atoms with Gasteiger partial charge in [-0.1, -0.05) is 28.9 Å². The second kappa shape index (κ2) is 8.67. The SMILES string of the molecule is CC(C)(C)NC(=O)N(Cc1cccc(Cl)c1)C[C@@H]1CC(c2ccc3c(c2)OCO3)=NO1. The van der Waals surface area contributed by atoms with Crippen molar-refractivity contribution < 1.29 is 19.1 Å². The molecule has 7 nitrogen and oxygen atoms in total. The summed E-state index contributed by atoms with van der Waals surface area (Å²) in [4.78, 5) is 20.4. The van der Waals surface area contributed by atoms with E-state index in [2.05, 4.69) is 10.5 Å². The van der Waals surface area contributed by atoms with Crippen LogP contribution < -0.4 is 14.8 Å². The quantitative estimate of drug-likeness (QED) is 0.734. The molecule has 8 heteroatoms. The van der Waals surface area contributed by atoms with Crippen molar-refractivity contribution in [1.82, 2.24) is 10.2 Å². The summed E-state index contributed by atoms with van der Waals surface area (Å²) in [6.07, 6.45) is 0.347. The van der Waals surface area contributed by atoms with Crippen molar-refractivity contribution in [3.8, 4) is 11.5 Å². The summed E-state index contributed by atoms with van der Waals surface area (Å²) >= 11 is 6.13. The zero-order chi connectivity index (χ0) is 22.0. The first-order chi connectivity index (χ1) is 14.8. The number of hydrogen-bond acceptors (Lipinski definition) is 5. The minimum atomic E-state index is -0.353. The lowest BCUT2D eigenvalue weighted by Gasteiger charge is -2.29. The number of oxime groups is 1. The minimum absolute atomic E-state index is 0.160. The lowest BCUT2D eigenvalue weighted by atomic mass is 10.0. The van der Waals surface area contributed by atoms with E-state index >= 15 is 0 Å². The van der Waals surface area contributed by atoms with Crippen LogP contribution in [0, 0.1) is 0 Å². The Balaban J connectivity index is 1.45. The standard InChI is InChI=1S/C23H26ClN3O4/c1-23(2,3)25-22(28)27(12-15-5-4-6-17(24)9-15)13-18-11-19(26-31-18)16-7-8-20-21(10-16)30-14-29-20/h4-10,18H,11-14H2,1-3H3,(H,25,28)/t18-/m0/s1. The summed E-state index contributed by atoms with van der Waals surface area (Å²) < 4.78 is 10.8. The molecule has 0 aromatic heterocycles. The van der Waals surface area contributed by atoms with Crippen LogP contribution in [0.2, 0.25) is 5.02 Å². The summed E-state index contributed by atoms with van der Waals surface area (Å²) in [7, 11) is 0. The number of hydrogen-bond donors (Lipinski definition) is 1. The van der Waals surface area contributed by atoms with Crippen molar-refractivity contribution in [2.24, 2.45) is 5.16 Å². The van der Waals surface area contributed by atoms with Crippen LogP contribution in [0.3, 0.4) is 0 Å². The van der Waals surface area contributed by atoms with E-state index in [0.717, 1.165) is 22.6 Å². The highest BCUT2D eigenvalue weighted by molar-refractivity contribution is 6.30. The maximum absolute atomic E-state index is 13.0. The van der Waals surface area contributed by atoms with Crippen LogP contribution in [-0.4, -0.2) is 41.6 Å². The van der Waals surface area contributed by atoms with E-state index in [1.807, 2.05) is 63.2 Å². The molecule has 164 valence electrons. The van der Waals surface area contributed by atoms with Crippen LogP contribution in [0.4, 0.5) is 4.79 Å². The Hall–Kier alpha value is -2.93. The number of carbonyl (C=O) groups is 1. The lowest BCUT2D eigenvalue weighted by molar-refractivity contribution is 0.0580. The molecule has 1 N–H and O–H groups in total. The Morgan fingerprint density at radius 3 is 2.77 bits per heavy atom. The van der Waals surface area contributed by atoms with Crippen molar-refractivity contribution >= 4 is 23.3 Å². The van der Waals surface area contributed by atoms with Crippen LogP contribution >= 0.6 is 11.6 Å². The predicted octanol–water partition coefficient (Wildman–Crippen LogP) is 4.57. The van der Waals surface area contributed by atoms with E-state index in [-0.39, 0.29) is 24.5 Å². The molecule has 2 aliphatic rings. The van der Waals surface area contributed by atoms with Gasteiger partial charge in [0.25, 0.3) is 0 Å². The molecule has 4 rings (SSSR count). The number of nitrogens with one attached hydrogen (secondary N) is 1. The van der Waals surface area contributed by atoms with Crippen LogP contribution in [0.15, 0.2) is 47.6 Å². The number of nitrogens with zero attached hydrogens (tertiary/aromatic N) is 2. The van der Waals surface area contributed by atoms with Gasteiger partial charge in [-0.15, -0.1) is 0 Å². The number of amides is 2. The van der Waals surface area contributed by atoms with Gasteiger partial charge in [-0.25, -0.2) is 4.79 Å². The molecular formula is C23H26ClN3O4. The summed E-state index contributed by atoms with van der Waals surface area (Å²) in [5.74, 6) is 1.43. The third kappa shape index (κ3) is 5.41. The van der Waals surface area contributed by atoms with Crippen molar-refractivity contribution in [2.45, 2.75) is 45.4 Å². The van der Waals surface area contributed by atoms with E-state index in [9.17, 15) is 4.79 Å². The Kier molecular flexibility index (Phi) is 5.96. The Bertz CT molecular complexity index is 1000. The summed E-state index contributed by atoms with van der Waals surface area (Å²) in [6.45, 7) is 6.90. The van der Waals surface area contributed by atoms with Gasteiger partial charge < -0.3 is 24.5 Å². The number of benzene rings is 2. The molecule has 2 amide bonds. The van der Waals surface area contributed by atoms with Gasteiger partial charge in [0.15, 0.2) is 17.6 Å². The monoisotopic (exact) mass is 443 g/mol. The van der Waals surface area contributed by atoms with Gasteiger partial charge in [0.05, 0.1) is 12.3 Å². The van der Waals surface area contributed by atoms with E-state index in [1.54, 1.807) is 4.90 Å². The first-order valence-corrected chi connectivity index (χ1v) is 10.6. The summed E-state index contributed by atoms with van der Waals surface area (Å²) in [5.41, 5.74) is 2.34. The summed E-state index contributed by atoms with van der Waals surface area (Å²) in [5, 5.41) is 7.93. The van der Waals surface area contributed by atoms with Crippen molar-refractivity contribution in [3.05, 3.63) is 58.6 Å². The maximum Gasteiger partial charge on any atom is 0.318 e. The number of urea groups is 1. The van der Waals surface area contributed by atoms with Gasteiger partial charge >= 0.3 is 6.03 Å². The summed E-state index contributed by atoms with van der Waals surface area (Å²) in [6, 6.07) is 13.1. The molecule has 1 atom stereocenters. The Labute approximate surface area is 186 Å². The van der Waals surface area contributed by atoms with E-state index in [1.165, 1.54) is 0 Å². The predicted molar refractivity (Wildman–Crippen MR) is 119 cm³/mol. The molecule has 0 spiro atoms. The number of ether oxygens (including phenoxy) is 2. The number of rotatable bonds is 5. The molecule has 0 saturated heterocycles. The average Bonchev–Trinajstić information content (AvgIpc) is 3.35. The van der Waals surface area contributed by atoms with Crippen molar-refractivity contribution in [2.75, 3.05) is 13.3 Å². The van der Waals surface area contributed by atoms with E-state index < -0.39 is 0 Å². The molecule has 0 bridgehead atoms. The van der Waals surface area contributed by atoms with Gasteiger partial charge in [-0.05, 0) is 56.7 Å². The smallest absolute Gasteiger partial charge is 0.318 e. The molecule has 0 saturated carbocycles. The van der Waals surface area contributed by atoms with Crippen LogP contribution in [0.25, 0.3) is 0 Å². The van der Waals surface area contributed by atoms with Gasteiger partial charge in [0.1, 0.15) is 0 Å². The van der Waals surface area contributed by atoms with Crippen LogP contribution in [-0.2, 0) is 11.4 Å². The van der Waals surface area contributed by atoms with Gasteiger partial charge in [-0.3, -0.25) is 0 Å². The third-order valence-corrected chi connectivity index (χ3v) is 5.13. The fraction of sp³-hybridized carbons (Fsp3) is 0.391. The van der Waals surface area contributed by atoms with Gasteiger partial charge in [0, 0.05) is 29.1 Å². The fourth-order valence-corrected chi connectivity index (χ4v) is 3.71. The van der Waals surface area contributed by atoms with E-state index in [0.29, 0.717) is 30.3 Å². The van der Waals surface area contributed by atoms with Crippen molar-refractivity contribution in [1.29, 1.82) is 0 Å². The molecule has 0 aliphatic carbocycles. The number of halogens is 1. The first kappa shape index (κ1) is 21.3. The fourth-order valence-electron chi connectivity index (χ4n) is 3.49. The zero-order valence-corrected chi connectivity index (χ0v) is 18.6. The molecule has 0 fully saturated rings. The molecule has 31 heavy (non-hydrogen) atoms. The van der Waals surface area contributed by atoms with Crippen LogP contribution in [0.1, 0.15) is 38.3 Å². The average molecular weight is 444 g/mol. The second-order valence-electron chi connectivity index (χ2n) is 8.73. The maximum atomic E-state index is 13.0. The normalized spacial score (nSPS) is 17.2. The second-order valence-corrected chi connectivity index (χ2v) is 9.16. The van der Waals surface area contributed by atoms with Crippen molar-refractivity contribution in [3.63, 3.8) is 0 Å².